The Kier molecular flexibility index (Phi) is 6.47. The minimum absolute atomic E-state index is 0.155. The Balaban J connectivity index is 1.70. The van der Waals surface area contributed by atoms with Crippen molar-refractivity contribution in [1.82, 2.24) is 15.5 Å². The summed E-state index contributed by atoms with van der Waals surface area (Å²) in [6, 6.07) is 22.8. The van der Waals surface area contributed by atoms with Gasteiger partial charge in [0.05, 0.1) is 34.2 Å². The van der Waals surface area contributed by atoms with Crippen LogP contribution in [0.4, 0.5) is 16.2 Å². The second kappa shape index (κ2) is 9.90. The van der Waals surface area contributed by atoms with Gasteiger partial charge in [0.15, 0.2) is 0 Å². The number of nitrogens with one attached hydrogen (secondary N) is 3. The summed E-state index contributed by atoms with van der Waals surface area (Å²) in [4.78, 5) is 28.7. The van der Waals surface area contributed by atoms with Crippen LogP contribution in [0.25, 0.3) is 10.9 Å². The van der Waals surface area contributed by atoms with Gasteiger partial charge < -0.3 is 15.4 Å². The van der Waals surface area contributed by atoms with Crippen LogP contribution in [0.1, 0.15) is 43.6 Å². The van der Waals surface area contributed by atoms with Gasteiger partial charge in [-0.05, 0) is 50.6 Å². The lowest BCUT2D eigenvalue weighted by Gasteiger charge is -2.34. The van der Waals surface area contributed by atoms with Gasteiger partial charge in [0, 0.05) is 11.9 Å². The lowest BCUT2D eigenvalue weighted by Crippen LogP contribution is -2.52. The molecular weight excluding hydrogens is 480 g/mol. The van der Waals surface area contributed by atoms with E-state index < -0.39 is 23.8 Å². The summed E-state index contributed by atoms with van der Waals surface area (Å²) < 4.78 is 5.45. The molecular formula is C29H28N6O3. The van der Waals surface area contributed by atoms with E-state index in [0.717, 1.165) is 16.6 Å². The van der Waals surface area contributed by atoms with Gasteiger partial charge >= 0.3 is 6.09 Å². The van der Waals surface area contributed by atoms with E-state index in [-0.39, 0.29) is 12.5 Å². The number of aromatic amines is 1. The van der Waals surface area contributed by atoms with E-state index in [1.54, 1.807) is 37.8 Å². The molecule has 3 aromatic carbocycles. The molecule has 0 radical (unpaired) electrons. The highest BCUT2D eigenvalue weighted by molar-refractivity contribution is 6.04. The van der Waals surface area contributed by atoms with E-state index in [4.69, 9.17) is 4.74 Å². The molecule has 9 heteroatoms. The predicted octanol–water partition coefficient (Wildman–Crippen LogP) is 4.88. The molecule has 2 heterocycles. The molecule has 0 spiro atoms. The third-order valence-corrected chi connectivity index (χ3v) is 6.29. The first kappa shape index (κ1) is 24.8. The van der Waals surface area contributed by atoms with Crippen LogP contribution in [0.15, 0.2) is 72.8 Å². The van der Waals surface area contributed by atoms with Crippen LogP contribution in [0.5, 0.6) is 0 Å². The monoisotopic (exact) mass is 508 g/mol. The average Bonchev–Trinajstić information content (AvgIpc) is 3.26. The summed E-state index contributed by atoms with van der Waals surface area (Å²) in [5, 5.41) is 24.5. The number of hydrogen-bond donors (Lipinski definition) is 3. The van der Waals surface area contributed by atoms with Crippen molar-refractivity contribution in [3.05, 3.63) is 89.6 Å². The van der Waals surface area contributed by atoms with Crippen molar-refractivity contribution in [2.45, 2.75) is 38.5 Å². The Morgan fingerprint density at radius 2 is 1.82 bits per heavy atom. The van der Waals surface area contributed by atoms with Gasteiger partial charge in [-0.3, -0.25) is 14.8 Å². The molecule has 4 aromatic rings. The number of rotatable bonds is 4. The van der Waals surface area contributed by atoms with Crippen molar-refractivity contribution >= 4 is 34.3 Å². The highest BCUT2D eigenvalue weighted by Gasteiger charge is 2.39. The number of carbonyl (C=O) groups excluding carboxylic acids is 2. The lowest BCUT2D eigenvalue weighted by molar-refractivity contribution is -0.120. The summed E-state index contributed by atoms with van der Waals surface area (Å²) in [7, 11) is 0. The number of nitrogens with zero attached hydrogens (tertiary/aromatic N) is 3. The minimum Gasteiger partial charge on any atom is -0.444 e. The Hall–Kier alpha value is -4.84. The number of aromatic nitrogens is 2. The lowest BCUT2D eigenvalue weighted by atomic mass is 9.94. The Morgan fingerprint density at radius 3 is 2.61 bits per heavy atom. The quantitative estimate of drug-likeness (QED) is 0.361. The topological polar surface area (TPSA) is 123 Å². The summed E-state index contributed by atoms with van der Waals surface area (Å²) in [6.45, 7) is 5.45. The van der Waals surface area contributed by atoms with Crippen LogP contribution in [0.3, 0.4) is 0 Å². The molecule has 0 saturated heterocycles. The Labute approximate surface area is 220 Å². The summed E-state index contributed by atoms with van der Waals surface area (Å²) in [5.74, 6) is -0.357. The molecule has 0 aliphatic carbocycles. The van der Waals surface area contributed by atoms with E-state index >= 15 is 0 Å². The number of benzene rings is 3. The molecule has 2 amide bonds. The van der Waals surface area contributed by atoms with Gasteiger partial charge in [0.1, 0.15) is 17.7 Å². The number of anilines is 2. The van der Waals surface area contributed by atoms with E-state index in [1.165, 1.54) is 0 Å². The van der Waals surface area contributed by atoms with Crippen molar-refractivity contribution in [1.29, 1.82) is 5.26 Å². The molecule has 192 valence electrons. The van der Waals surface area contributed by atoms with Crippen molar-refractivity contribution in [3.63, 3.8) is 0 Å². The number of H-pyrrole nitrogens is 1. The number of carbonyl (C=O) groups is 2. The highest BCUT2D eigenvalue weighted by Crippen LogP contribution is 2.41. The predicted molar refractivity (Wildman–Crippen MR) is 145 cm³/mol. The van der Waals surface area contributed by atoms with E-state index in [9.17, 15) is 14.9 Å². The SMILES string of the molecule is CC(C)(C)OC(=O)NC1CNc2ccccc2N([C@@H](c2ccccc2C#N)c2[nH]nc3ccccc23)C1=O. The first-order chi connectivity index (χ1) is 18.3. The maximum atomic E-state index is 14.4. The first-order valence-corrected chi connectivity index (χ1v) is 12.3. The molecule has 9 nitrogen and oxygen atoms in total. The number of hydrogen-bond acceptors (Lipinski definition) is 6. The van der Waals surface area contributed by atoms with Crippen LogP contribution in [-0.2, 0) is 9.53 Å². The number of ether oxygens (including phenoxy) is 1. The van der Waals surface area contributed by atoms with E-state index in [0.29, 0.717) is 22.5 Å². The normalized spacial score (nSPS) is 16.1. The van der Waals surface area contributed by atoms with Crippen LogP contribution in [0.2, 0.25) is 0 Å². The van der Waals surface area contributed by atoms with Gasteiger partial charge in [0.25, 0.3) is 5.91 Å². The van der Waals surface area contributed by atoms with Gasteiger partial charge in [-0.15, -0.1) is 0 Å². The van der Waals surface area contributed by atoms with Gasteiger partial charge in [-0.1, -0.05) is 48.5 Å². The molecule has 0 fully saturated rings. The number of fused-ring (bicyclic) bond motifs is 2. The zero-order valence-electron chi connectivity index (χ0n) is 21.4. The summed E-state index contributed by atoms with van der Waals surface area (Å²) in [5.41, 5.74) is 3.06. The molecule has 5 rings (SSSR count). The van der Waals surface area contributed by atoms with Crippen LogP contribution in [-0.4, -0.2) is 40.4 Å². The first-order valence-electron chi connectivity index (χ1n) is 12.3. The van der Waals surface area contributed by atoms with Crippen LogP contribution < -0.4 is 15.5 Å². The fourth-order valence-corrected chi connectivity index (χ4v) is 4.70. The number of alkyl carbamates (subject to hydrolysis) is 1. The van der Waals surface area contributed by atoms with Gasteiger partial charge in [0.2, 0.25) is 0 Å². The smallest absolute Gasteiger partial charge is 0.408 e. The third-order valence-electron chi connectivity index (χ3n) is 6.29. The maximum absolute atomic E-state index is 14.4. The van der Waals surface area contributed by atoms with Gasteiger partial charge in [-0.25, -0.2) is 4.79 Å². The summed E-state index contributed by atoms with van der Waals surface area (Å²) in [6.07, 6.45) is -0.690. The van der Waals surface area contributed by atoms with Crippen molar-refractivity contribution in [2.24, 2.45) is 0 Å². The molecule has 0 bridgehead atoms. The largest absolute Gasteiger partial charge is 0.444 e. The fraction of sp³-hybridized carbons (Fsp3) is 0.241. The minimum atomic E-state index is -0.941. The van der Waals surface area contributed by atoms with Crippen molar-refractivity contribution < 1.29 is 14.3 Å². The average molecular weight is 509 g/mol. The summed E-state index contributed by atoms with van der Waals surface area (Å²) >= 11 is 0. The van der Waals surface area contributed by atoms with Gasteiger partial charge in [-0.2, -0.15) is 10.4 Å². The molecule has 38 heavy (non-hydrogen) atoms. The maximum Gasteiger partial charge on any atom is 0.408 e. The molecule has 2 atom stereocenters. The molecule has 0 saturated carbocycles. The molecule has 3 N–H and O–H groups in total. The third kappa shape index (κ3) is 4.76. The highest BCUT2D eigenvalue weighted by atomic mass is 16.6. The molecule has 1 unspecified atom stereocenters. The molecule has 1 aliphatic rings. The Bertz CT molecular complexity index is 1550. The molecule has 1 aromatic heterocycles. The van der Waals surface area contributed by atoms with Crippen LogP contribution >= 0.6 is 0 Å². The number of nitriles is 1. The zero-order chi connectivity index (χ0) is 26.9. The zero-order valence-corrected chi connectivity index (χ0v) is 21.4. The fourth-order valence-electron chi connectivity index (χ4n) is 4.70. The van der Waals surface area contributed by atoms with Crippen LogP contribution in [0, 0.1) is 11.3 Å². The second-order valence-electron chi connectivity index (χ2n) is 10.1. The Morgan fingerprint density at radius 1 is 1.11 bits per heavy atom. The molecule has 1 aliphatic heterocycles. The van der Waals surface area contributed by atoms with Crippen molar-refractivity contribution in [2.75, 3.05) is 16.8 Å². The number of para-hydroxylation sites is 3. The van der Waals surface area contributed by atoms with E-state index in [2.05, 4.69) is 26.9 Å². The number of amides is 2. The standard InChI is InChI=1S/C29H28N6O3/c1-29(2,3)38-28(37)32-23-17-31-22-14-8-9-15-24(22)35(27(23)36)26(19-11-5-4-10-18(19)16-30)25-20-12-6-7-13-21(20)33-34-25/h4-15,23,26,31H,17H2,1-3H3,(H,32,37)(H,33,34)/t23?,26-/m0/s1. The van der Waals surface area contributed by atoms with Crippen molar-refractivity contribution in [3.8, 4) is 6.07 Å². The second-order valence-corrected chi connectivity index (χ2v) is 10.1. The van der Waals surface area contributed by atoms with E-state index in [1.807, 2.05) is 60.7 Å².